The summed E-state index contributed by atoms with van der Waals surface area (Å²) in [6.45, 7) is 5.91. The molecule has 0 spiro atoms. The maximum Gasteiger partial charge on any atom is 0.146 e. The quantitative estimate of drug-likeness (QED) is 0.572. The van der Waals surface area contributed by atoms with Crippen LogP contribution in [0, 0.1) is 0 Å². The van der Waals surface area contributed by atoms with E-state index in [1.54, 1.807) is 18.3 Å². The van der Waals surface area contributed by atoms with Gasteiger partial charge in [0.2, 0.25) is 0 Å². The first-order chi connectivity index (χ1) is 6.40. The zero-order chi connectivity index (χ0) is 10.8. The summed E-state index contributed by atoms with van der Waals surface area (Å²) in [5, 5.41) is 0.526. The van der Waals surface area contributed by atoms with Crippen molar-refractivity contribution in [2.45, 2.75) is 26.3 Å². The van der Waals surface area contributed by atoms with E-state index in [-0.39, 0.29) is 5.54 Å². The lowest BCUT2D eigenvalue weighted by Crippen LogP contribution is -2.22. The molecule has 0 saturated heterocycles. The van der Waals surface area contributed by atoms with Crippen LogP contribution >= 0.6 is 11.6 Å². The highest BCUT2D eigenvalue weighted by Gasteiger charge is 2.11. The van der Waals surface area contributed by atoms with E-state index in [4.69, 9.17) is 17.3 Å². The van der Waals surface area contributed by atoms with Gasteiger partial charge in [0.25, 0.3) is 0 Å². The van der Waals surface area contributed by atoms with Gasteiger partial charge in [-0.05, 0) is 32.9 Å². The van der Waals surface area contributed by atoms with Crippen molar-refractivity contribution in [3.63, 3.8) is 0 Å². The van der Waals surface area contributed by atoms with Crippen molar-refractivity contribution in [1.29, 1.82) is 0 Å². The minimum atomic E-state index is -0.217. The number of hydrogen-bond acceptors (Lipinski definition) is 2. The Hall–Kier alpha value is -1.09. The van der Waals surface area contributed by atoms with Crippen LogP contribution in [-0.2, 0) is 0 Å². The smallest absolute Gasteiger partial charge is 0.146 e. The molecule has 4 heteroatoms. The monoisotopic (exact) mass is 211 g/mol. The summed E-state index contributed by atoms with van der Waals surface area (Å²) in [6, 6.07) is 3.51. The minimum Gasteiger partial charge on any atom is -0.382 e. The third kappa shape index (κ3) is 3.00. The number of nitrogens with two attached hydrogens (primary N) is 1. The predicted octanol–water partition coefficient (Wildman–Crippen LogP) is 2.24. The first-order valence-corrected chi connectivity index (χ1v) is 4.74. The fourth-order valence-electron chi connectivity index (χ4n) is 0.988. The average Bonchev–Trinajstić information content (AvgIpc) is 2.01. The van der Waals surface area contributed by atoms with Crippen LogP contribution in [0.25, 0.3) is 0 Å². The number of hydrogen-bond donors (Lipinski definition) is 1. The molecule has 0 aliphatic carbocycles. The Labute approximate surface area is 89.0 Å². The van der Waals surface area contributed by atoms with Crippen LogP contribution in [0.4, 0.5) is 0 Å². The third-order valence-electron chi connectivity index (χ3n) is 1.46. The summed E-state index contributed by atoms with van der Waals surface area (Å²) in [4.78, 5) is 8.36. The summed E-state index contributed by atoms with van der Waals surface area (Å²) in [7, 11) is 0. The molecule has 0 unspecified atom stereocenters. The van der Waals surface area contributed by atoms with Crippen molar-refractivity contribution in [2.75, 3.05) is 0 Å². The van der Waals surface area contributed by atoms with Crippen molar-refractivity contribution < 1.29 is 0 Å². The second-order valence-corrected chi connectivity index (χ2v) is 4.41. The second-order valence-electron chi connectivity index (χ2n) is 4.00. The van der Waals surface area contributed by atoms with Crippen molar-refractivity contribution in [1.82, 2.24) is 4.98 Å². The summed E-state index contributed by atoms with van der Waals surface area (Å²) < 4.78 is 0. The predicted molar refractivity (Wildman–Crippen MR) is 59.7 cm³/mol. The SMILES string of the molecule is CC(C)(C)N=C(N)c1ncccc1Cl. The van der Waals surface area contributed by atoms with Gasteiger partial charge in [0.05, 0.1) is 10.6 Å². The third-order valence-corrected chi connectivity index (χ3v) is 1.76. The molecule has 1 heterocycles. The molecule has 76 valence electrons. The molecular weight excluding hydrogens is 198 g/mol. The second kappa shape index (κ2) is 3.96. The number of rotatable bonds is 1. The van der Waals surface area contributed by atoms with Gasteiger partial charge in [-0.3, -0.25) is 9.98 Å². The number of halogens is 1. The summed E-state index contributed by atoms with van der Waals surface area (Å²) >= 11 is 5.92. The molecule has 1 aromatic heterocycles. The van der Waals surface area contributed by atoms with Gasteiger partial charge in [-0.15, -0.1) is 0 Å². The Morgan fingerprint density at radius 2 is 2.14 bits per heavy atom. The lowest BCUT2D eigenvalue weighted by molar-refractivity contribution is 0.583. The normalized spacial score (nSPS) is 13.0. The fourth-order valence-corrected chi connectivity index (χ4v) is 1.21. The van der Waals surface area contributed by atoms with E-state index in [0.717, 1.165) is 0 Å². The molecule has 0 atom stereocenters. The van der Waals surface area contributed by atoms with Gasteiger partial charge in [0, 0.05) is 6.20 Å². The van der Waals surface area contributed by atoms with Crippen molar-refractivity contribution in [3.05, 3.63) is 29.0 Å². The highest BCUT2D eigenvalue weighted by molar-refractivity contribution is 6.33. The maximum absolute atomic E-state index is 5.92. The Kier molecular flexibility index (Phi) is 3.11. The van der Waals surface area contributed by atoms with E-state index in [2.05, 4.69) is 9.98 Å². The van der Waals surface area contributed by atoms with Crippen molar-refractivity contribution >= 4 is 17.4 Å². The fraction of sp³-hybridized carbons (Fsp3) is 0.400. The minimum absolute atomic E-state index is 0.217. The van der Waals surface area contributed by atoms with Gasteiger partial charge in [-0.1, -0.05) is 11.6 Å². The highest BCUT2D eigenvalue weighted by atomic mass is 35.5. The Morgan fingerprint density at radius 3 is 2.64 bits per heavy atom. The molecule has 0 bridgehead atoms. The van der Waals surface area contributed by atoms with Gasteiger partial charge in [0.1, 0.15) is 11.5 Å². The molecule has 14 heavy (non-hydrogen) atoms. The Balaban J connectivity index is 3.07. The molecule has 0 aliphatic rings. The largest absolute Gasteiger partial charge is 0.382 e. The first kappa shape index (κ1) is 11.0. The van der Waals surface area contributed by atoms with Crippen molar-refractivity contribution in [3.8, 4) is 0 Å². The standard InChI is InChI=1S/C10H14ClN3/c1-10(2,3)14-9(12)8-7(11)5-4-6-13-8/h4-6H,1-3H3,(H2,12,14). The van der Waals surface area contributed by atoms with E-state index in [9.17, 15) is 0 Å². The van der Waals surface area contributed by atoms with Crippen LogP contribution in [0.3, 0.4) is 0 Å². The van der Waals surface area contributed by atoms with E-state index in [1.165, 1.54) is 0 Å². The molecule has 0 radical (unpaired) electrons. The van der Waals surface area contributed by atoms with Gasteiger partial charge in [-0.25, -0.2) is 0 Å². The van der Waals surface area contributed by atoms with Gasteiger partial charge in [0.15, 0.2) is 0 Å². The number of aromatic nitrogens is 1. The highest BCUT2D eigenvalue weighted by Crippen LogP contribution is 2.14. The summed E-state index contributed by atoms with van der Waals surface area (Å²) in [5.41, 5.74) is 6.11. The van der Waals surface area contributed by atoms with Gasteiger partial charge in [-0.2, -0.15) is 0 Å². The lowest BCUT2D eigenvalue weighted by atomic mass is 10.1. The van der Waals surface area contributed by atoms with Crippen LogP contribution in [0.1, 0.15) is 26.5 Å². The Morgan fingerprint density at radius 1 is 1.50 bits per heavy atom. The molecule has 1 aromatic rings. The number of pyridine rings is 1. The molecule has 0 fully saturated rings. The number of amidine groups is 1. The van der Waals surface area contributed by atoms with E-state index < -0.39 is 0 Å². The molecule has 1 rings (SSSR count). The van der Waals surface area contributed by atoms with Gasteiger partial charge < -0.3 is 5.73 Å². The van der Waals surface area contributed by atoms with Crippen LogP contribution in [0.2, 0.25) is 5.02 Å². The molecule has 3 nitrogen and oxygen atoms in total. The average molecular weight is 212 g/mol. The molecular formula is C10H14ClN3. The number of aliphatic imine (C=N–C) groups is 1. The molecule has 2 N–H and O–H groups in total. The summed E-state index contributed by atoms with van der Waals surface area (Å²) in [5.74, 6) is 0.378. The topological polar surface area (TPSA) is 51.3 Å². The molecule has 0 saturated carbocycles. The van der Waals surface area contributed by atoms with Crippen molar-refractivity contribution in [2.24, 2.45) is 10.7 Å². The molecule has 0 aromatic carbocycles. The molecule has 0 amide bonds. The first-order valence-electron chi connectivity index (χ1n) is 4.36. The zero-order valence-corrected chi connectivity index (χ0v) is 9.34. The van der Waals surface area contributed by atoms with Crippen LogP contribution in [0.5, 0.6) is 0 Å². The van der Waals surface area contributed by atoms with E-state index in [0.29, 0.717) is 16.6 Å². The van der Waals surface area contributed by atoms with Gasteiger partial charge >= 0.3 is 0 Å². The van der Waals surface area contributed by atoms with E-state index >= 15 is 0 Å². The zero-order valence-electron chi connectivity index (χ0n) is 8.58. The summed E-state index contributed by atoms with van der Waals surface area (Å²) in [6.07, 6.45) is 1.65. The van der Waals surface area contributed by atoms with Crippen LogP contribution in [0.15, 0.2) is 23.3 Å². The molecule has 0 aliphatic heterocycles. The van der Waals surface area contributed by atoms with Crippen LogP contribution in [-0.4, -0.2) is 16.4 Å². The maximum atomic E-state index is 5.92. The Bertz CT molecular complexity index is 353. The number of nitrogens with zero attached hydrogens (tertiary/aromatic N) is 2. The lowest BCUT2D eigenvalue weighted by Gasteiger charge is -2.13. The van der Waals surface area contributed by atoms with E-state index in [1.807, 2.05) is 20.8 Å². The van der Waals surface area contributed by atoms with Crippen LogP contribution < -0.4 is 5.73 Å².